The maximum Gasteiger partial charge on any atom is 0.265 e. The van der Waals surface area contributed by atoms with Gasteiger partial charge in [-0.2, -0.15) is 0 Å². The summed E-state index contributed by atoms with van der Waals surface area (Å²) in [4.78, 5) is 23.4. The van der Waals surface area contributed by atoms with Gasteiger partial charge >= 0.3 is 0 Å². The molecule has 0 saturated carbocycles. The molecule has 0 saturated heterocycles. The van der Waals surface area contributed by atoms with Crippen LogP contribution in [0.4, 0.5) is 15.8 Å². The van der Waals surface area contributed by atoms with Crippen LogP contribution in [-0.2, 0) is 16.0 Å². The molecule has 3 rings (SSSR count). The predicted molar refractivity (Wildman–Crippen MR) is 88.9 cm³/mol. The number of rotatable bonds is 3. The van der Waals surface area contributed by atoms with E-state index in [9.17, 15) is 14.0 Å². The molecule has 1 unspecified atom stereocenters. The van der Waals surface area contributed by atoms with Crippen LogP contribution in [0.5, 0.6) is 5.75 Å². The zero-order valence-corrected chi connectivity index (χ0v) is 13.5. The second-order valence-corrected chi connectivity index (χ2v) is 5.86. The highest BCUT2D eigenvalue weighted by Crippen LogP contribution is 2.31. The third kappa shape index (κ3) is 3.49. The lowest BCUT2D eigenvalue weighted by Gasteiger charge is -2.13. The maximum absolute atomic E-state index is 13.9. The Morgan fingerprint density at radius 1 is 1.21 bits per heavy atom. The average molecular weight is 349 g/mol. The maximum atomic E-state index is 13.9. The fourth-order valence-electron chi connectivity index (χ4n) is 2.48. The summed E-state index contributed by atoms with van der Waals surface area (Å²) in [7, 11) is 0. The molecule has 0 bridgehead atoms. The van der Waals surface area contributed by atoms with Gasteiger partial charge in [0, 0.05) is 24.1 Å². The highest BCUT2D eigenvalue weighted by molar-refractivity contribution is 6.30. The Kier molecular flexibility index (Phi) is 4.40. The zero-order valence-electron chi connectivity index (χ0n) is 12.7. The highest BCUT2D eigenvalue weighted by atomic mass is 35.5. The number of ether oxygens (including phenoxy) is 1. The first-order chi connectivity index (χ1) is 11.4. The van der Waals surface area contributed by atoms with E-state index in [1.165, 1.54) is 25.1 Å². The third-order valence-corrected chi connectivity index (χ3v) is 3.77. The van der Waals surface area contributed by atoms with E-state index in [0.717, 1.165) is 5.56 Å². The first-order valence-electron chi connectivity index (χ1n) is 7.25. The lowest BCUT2D eigenvalue weighted by atomic mass is 10.1. The summed E-state index contributed by atoms with van der Waals surface area (Å²) >= 11 is 5.92. The van der Waals surface area contributed by atoms with Crippen molar-refractivity contribution in [1.82, 2.24) is 0 Å². The molecule has 2 amide bonds. The van der Waals surface area contributed by atoms with E-state index in [2.05, 4.69) is 10.6 Å². The Hall–Kier alpha value is -2.60. The van der Waals surface area contributed by atoms with Crippen molar-refractivity contribution in [3.05, 3.63) is 52.8 Å². The summed E-state index contributed by atoms with van der Waals surface area (Å²) < 4.78 is 19.5. The van der Waals surface area contributed by atoms with Crippen LogP contribution in [0.15, 0.2) is 36.4 Å². The van der Waals surface area contributed by atoms with Gasteiger partial charge in [0.15, 0.2) is 6.10 Å². The first-order valence-corrected chi connectivity index (χ1v) is 7.63. The van der Waals surface area contributed by atoms with Gasteiger partial charge in [0.25, 0.3) is 5.91 Å². The molecule has 0 radical (unpaired) electrons. The minimum absolute atomic E-state index is 0.0242. The van der Waals surface area contributed by atoms with E-state index in [0.29, 0.717) is 22.9 Å². The Morgan fingerprint density at radius 2 is 2.00 bits per heavy atom. The number of amides is 2. The number of halogens is 2. The van der Waals surface area contributed by atoms with Crippen molar-refractivity contribution in [1.29, 1.82) is 0 Å². The summed E-state index contributed by atoms with van der Waals surface area (Å²) in [5, 5.41) is 5.59. The van der Waals surface area contributed by atoms with E-state index >= 15 is 0 Å². The molecular formula is C17H14ClFN2O3. The molecule has 0 spiro atoms. The number of fused-ring (bicyclic) bond motifs is 1. The molecule has 2 aromatic rings. The molecule has 1 heterocycles. The third-order valence-electron chi connectivity index (χ3n) is 3.53. The van der Waals surface area contributed by atoms with Crippen LogP contribution in [0, 0.1) is 5.82 Å². The molecule has 0 aliphatic carbocycles. The van der Waals surface area contributed by atoms with Crippen LogP contribution in [0.2, 0.25) is 5.02 Å². The molecule has 124 valence electrons. The van der Waals surface area contributed by atoms with Crippen molar-refractivity contribution in [2.45, 2.75) is 19.4 Å². The largest absolute Gasteiger partial charge is 0.480 e. The summed E-state index contributed by atoms with van der Waals surface area (Å²) in [5.74, 6) is -0.769. The van der Waals surface area contributed by atoms with E-state index in [-0.39, 0.29) is 11.6 Å². The molecule has 2 N–H and O–H groups in total. The number of hydrogen-bond acceptors (Lipinski definition) is 3. The lowest BCUT2D eigenvalue weighted by Crippen LogP contribution is -2.31. The van der Waals surface area contributed by atoms with Crippen LogP contribution in [0.25, 0.3) is 0 Å². The number of anilines is 2. The SMILES string of the molecule is CC(=O)Nc1ccc(F)c(NC(=O)C2Cc3cc(Cl)ccc3O2)c1. The average Bonchev–Trinajstić information content (AvgIpc) is 2.93. The monoisotopic (exact) mass is 348 g/mol. The molecule has 1 atom stereocenters. The summed E-state index contributed by atoms with van der Waals surface area (Å²) in [5.41, 5.74) is 1.19. The van der Waals surface area contributed by atoms with E-state index < -0.39 is 17.8 Å². The minimum atomic E-state index is -0.762. The molecule has 2 aromatic carbocycles. The van der Waals surface area contributed by atoms with Crippen LogP contribution < -0.4 is 15.4 Å². The Bertz CT molecular complexity index is 825. The van der Waals surface area contributed by atoms with Gasteiger partial charge < -0.3 is 15.4 Å². The van der Waals surface area contributed by atoms with E-state index in [1.54, 1.807) is 18.2 Å². The van der Waals surface area contributed by atoms with Crippen molar-refractivity contribution >= 4 is 34.8 Å². The zero-order chi connectivity index (χ0) is 17.3. The fraction of sp³-hybridized carbons (Fsp3) is 0.176. The summed E-state index contributed by atoms with van der Waals surface area (Å²) in [6.07, 6.45) is -0.406. The predicted octanol–water partition coefficient (Wildman–Crippen LogP) is 3.38. The van der Waals surface area contributed by atoms with E-state index in [4.69, 9.17) is 16.3 Å². The van der Waals surface area contributed by atoms with Gasteiger partial charge in [0.05, 0.1) is 5.69 Å². The molecule has 1 aliphatic heterocycles. The minimum Gasteiger partial charge on any atom is -0.480 e. The van der Waals surface area contributed by atoms with Crippen molar-refractivity contribution in [2.75, 3.05) is 10.6 Å². The normalized spacial score (nSPS) is 15.4. The topological polar surface area (TPSA) is 67.4 Å². The molecule has 24 heavy (non-hydrogen) atoms. The molecule has 0 fully saturated rings. The van der Waals surface area contributed by atoms with Crippen LogP contribution >= 0.6 is 11.6 Å². The highest BCUT2D eigenvalue weighted by Gasteiger charge is 2.29. The van der Waals surface area contributed by atoms with Crippen molar-refractivity contribution in [3.63, 3.8) is 0 Å². The standard InChI is InChI=1S/C17H14ClFN2O3/c1-9(22)20-12-3-4-13(19)14(8-12)21-17(23)16-7-10-6-11(18)2-5-15(10)24-16/h2-6,8,16H,7H2,1H3,(H,20,22)(H,21,23). The molecule has 5 nitrogen and oxygen atoms in total. The summed E-state index contributed by atoms with van der Waals surface area (Å²) in [6.45, 7) is 1.34. The number of hydrogen-bond donors (Lipinski definition) is 2. The number of nitrogens with one attached hydrogen (secondary N) is 2. The quantitative estimate of drug-likeness (QED) is 0.893. The lowest BCUT2D eigenvalue weighted by molar-refractivity contribution is -0.122. The van der Waals surface area contributed by atoms with Crippen molar-refractivity contribution in [2.24, 2.45) is 0 Å². The van der Waals surface area contributed by atoms with Gasteiger partial charge in [-0.1, -0.05) is 11.6 Å². The van der Waals surface area contributed by atoms with Gasteiger partial charge in [-0.3, -0.25) is 9.59 Å². The number of carbonyl (C=O) groups excluding carboxylic acids is 2. The van der Waals surface area contributed by atoms with Crippen LogP contribution in [0.1, 0.15) is 12.5 Å². The van der Waals surface area contributed by atoms with Gasteiger partial charge in [-0.25, -0.2) is 4.39 Å². The second-order valence-electron chi connectivity index (χ2n) is 5.43. The van der Waals surface area contributed by atoms with Gasteiger partial charge in [0.2, 0.25) is 5.91 Å². The first kappa shape index (κ1) is 16.3. The van der Waals surface area contributed by atoms with Gasteiger partial charge in [0.1, 0.15) is 11.6 Å². The van der Waals surface area contributed by atoms with Crippen LogP contribution in [-0.4, -0.2) is 17.9 Å². The smallest absolute Gasteiger partial charge is 0.265 e. The Labute approximate surface area is 142 Å². The molecule has 1 aliphatic rings. The number of benzene rings is 2. The van der Waals surface area contributed by atoms with E-state index in [1.807, 2.05) is 0 Å². The fourth-order valence-corrected chi connectivity index (χ4v) is 2.67. The summed E-state index contributed by atoms with van der Waals surface area (Å²) in [6, 6.07) is 9.05. The second kappa shape index (κ2) is 6.49. The van der Waals surface area contributed by atoms with Crippen molar-refractivity contribution in [3.8, 4) is 5.75 Å². The van der Waals surface area contributed by atoms with Gasteiger partial charge in [-0.15, -0.1) is 0 Å². The molecule has 0 aromatic heterocycles. The Morgan fingerprint density at radius 3 is 2.75 bits per heavy atom. The Balaban J connectivity index is 1.73. The number of carbonyl (C=O) groups is 2. The van der Waals surface area contributed by atoms with Crippen molar-refractivity contribution < 1.29 is 18.7 Å². The molecule has 7 heteroatoms. The van der Waals surface area contributed by atoms with Crippen LogP contribution in [0.3, 0.4) is 0 Å². The van der Waals surface area contributed by atoms with Gasteiger partial charge in [-0.05, 0) is 42.0 Å². The molecular weight excluding hydrogens is 335 g/mol.